The Morgan fingerprint density at radius 2 is 1.50 bits per heavy atom. The summed E-state index contributed by atoms with van der Waals surface area (Å²) < 4.78 is 5.71. The van der Waals surface area contributed by atoms with Crippen molar-refractivity contribution in [3.05, 3.63) is 77.1 Å². The van der Waals surface area contributed by atoms with Crippen molar-refractivity contribution in [2.75, 3.05) is 0 Å². The number of rotatable bonds is 3. The monoisotopic (exact) mass is 264 g/mol. The van der Waals surface area contributed by atoms with Crippen molar-refractivity contribution in [3.8, 4) is 22.8 Å². The standard InChI is InChI=1S/C16H12N2O2/c19-16-11-10-15(17-18-16)12-6-8-14(9-7-12)20-13-4-2-1-3-5-13/h1-11H,(H,18,19). The van der Waals surface area contributed by atoms with Crippen molar-refractivity contribution >= 4 is 0 Å². The molecule has 0 aliphatic heterocycles. The number of hydrogen-bond donors (Lipinski definition) is 1. The van der Waals surface area contributed by atoms with E-state index in [0.717, 1.165) is 22.8 Å². The van der Waals surface area contributed by atoms with Gasteiger partial charge in [-0.25, -0.2) is 5.10 Å². The van der Waals surface area contributed by atoms with Crippen LogP contribution in [0.3, 0.4) is 0 Å². The van der Waals surface area contributed by atoms with Gasteiger partial charge in [-0.2, -0.15) is 5.10 Å². The second-order valence-electron chi connectivity index (χ2n) is 4.25. The maximum Gasteiger partial charge on any atom is 0.264 e. The van der Waals surface area contributed by atoms with Gasteiger partial charge in [-0.3, -0.25) is 4.79 Å². The van der Waals surface area contributed by atoms with Gasteiger partial charge in [0.25, 0.3) is 5.56 Å². The van der Waals surface area contributed by atoms with E-state index >= 15 is 0 Å². The molecule has 20 heavy (non-hydrogen) atoms. The molecule has 1 N–H and O–H groups in total. The van der Waals surface area contributed by atoms with Gasteiger partial charge >= 0.3 is 0 Å². The van der Waals surface area contributed by atoms with Crippen molar-refractivity contribution in [1.29, 1.82) is 0 Å². The molecule has 1 heterocycles. The Bertz CT molecular complexity index is 729. The molecule has 0 spiro atoms. The minimum atomic E-state index is -0.210. The first-order valence-electron chi connectivity index (χ1n) is 6.20. The van der Waals surface area contributed by atoms with E-state index in [1.54, 1.807) is 6.07 Å². The third-order valence-electron chi connectivity index (χ3n) is 2.81. The smallest absolute Gasteiger partial charge is 0.264 e. The Kier molecular flexibility index (Phi) is 3.29. The third-order valence-corrected chi connectivity index (χ3v) is 2.81. The summed E-state index contributed by atoms with van der Waals surface area (Å²) >= 11 is 0. The summed E-state index contributed by atoms with van der Waals surface area (Å²) in [5, 5.41) is 6.40. The summed E-state index contributed by atoms with van der Waals surface area (Å²) in [6.07, 6.45) is 0. The van der Waals surface area contributed by atoms with Crippen LogP contribution < -0.4 is 10.3 Å². The number of ether oxygens (including phenoxy) is 1. The molecular weight excluding hydrogens is 252 g/mol. The Labute approximate surface area is 115 Å². The van der Waals surface area contributed by atoms with E-state index < -0.39 is 0 Å². The Balaban J connectivity index is 1.81. The fraction of sp³-hybridized carbons (Fsp3) is 0. The summed E-state index contributed by atoms with van der Waals surface area (Å²) in [6.45, 7) is 0. The van der Waals surface area contributed by atoms with Gasteiger partial charge in [0.05, 0.1) is 5.69 Å². The van der Waals surface area contributed by atoms with Crippen LogP contribution in [0.15, 0.2) is 71.5 Å². The molecule has 2 aromatic carbocycles. The number of nitrogens with one attached hydrogen (secondary N) is 1. The van der Waals surface area contributed by atoms with Gasteiger partial charge in [-0.05, 0) is 42.5 Å². The molecule has 98 valence electrons. The second-order valence-corrected chi connectivity index (χ2v) is 4.25. The molecule has 0 fully saturated rings. The van der Waals surface area contributed by atoms with E-state index in [9.17, 15) is 4.79 Å². The molecular formula is C16H12N2O2. The predicted molar refractivity (Wildman–Crippen MR) is 76.8 cm³/mol. The number of hydrogen-bond acceptors (Lipinski definition) is 3. The molecule has 4 heteroatoms. The van der Waals surface area contributed by atoms with Crippen molar-refractivity contribution in [3.63, 3.8) is 0 Å². The van der Waals surface area contributed by atoms with E-state index in [4.69, 9.17) is 4.74 Å². The first-order chi connectivity index (χ1) is 9.81. The van der Waals surface area contributed by atoms with Crippen molar-refractivity contribution < 1.29 is 4.74 Å². The quantitative estimate of drug-likeness (QED) is 0.790. The highest BCUT2D eigenvalue weighted by Crippen LogP contribution is 2.24. The Morgan fingerprint density at radius 3 is 2.15 bits per heavy atom. The fourth-order valence-electron chi connectivity index (χ4n) is 1.82. The third kappa shape index (κ3) is 2.75. The highest BCUT2D eigenvalue weighted by Gasteiger charge is 2.01. The van der Waals surface area contributed by atoms with E-state index in [1.807, 2.05) is 54.6 Å². The van der Waals surface area contributed by atoms with Crippen LogP contribution in [-0.2, 0) is 0 Å². The molecule has 0 unspecified atom stereocenters. The number of aromatic amines is 1. The zero-order valence-corrected chi connectivity index (χ0v) is 10.6. The molecule has 0 saturated carbocycles. The number of aromatic nitrogens is 2. The lowest BCUT2D eigenvalue weighted by Gasteiger charge is -2.06. The Morgan fingerprint density at radius 1 is 0.800 bits per heavy atom. The summed E-state index contributed by atoms with van der Waals surface area (Å²) in [7, 11) is 0. The Hall–Kier alpha value is -2.88. The number of benzene rings is 2. The van der Waals surface area contributed by atoms with E-state index in [0.29, 0.717) is 0 Å². The fourth-order valence-corrected chi connectivity index (χ4v) is 1.82. The van der Waals surface area contributed by atoms with Gasteiger partial charge in [-0.15, -0.1) is 0 Å². The summed E-state index contributed by atoms with van der Waals surface area (Å²) in [5.41, 5.74) is 1.43. The minimum Gasteiger partial charge on any atom is -0.457 e. The van der Waals surface area contributed by atoms with E-state index in [1.165, 1.54) is 6.07 Å². The van der Waals surface area contributed by atoms with Crippen molar-refractivity contribution in [1.82, 2.24) is 10.2 Å². The van der Waals surface area contributed by atoms with Gasteiger partial charge in [0.1, 0.15) is 11.5 Å². The molecule has 3 rings (SSSR count). The first kappa shape index (κ1) is 12.2. The van der Waals surface area contributed by atoms with Crippen LogP contribution in [0.25, 0.3) is 11.3 Å². The largest absolute Gasteiger partial charge is 0.457 e. The average Bonchev–Trinajstić information content (AvgIpc) is 2.50. The SMILES string of the molecule is O=c1ccc(-c2ccc(Oc3ccccc3)cc2)n[nH]1. The molecule has 0 atom stereocenters. The average molecular weight is 264 g/mol. The summed E-state index contributed by atoms with van der Waals surface area (Å²) in [4.78, 5) is 11.0. The topological polar surface area (TPSA) is 55.0 Å². The molecule has 0 amide bonds. The molecule has 0 bridgehead atoms. The summed E-state index contributed by atoms with van der Waals surface area (Å²) in [6, 6.07) is 20.3. The van der Waals surface area contributed by atoms with Crippen LogP contribution >= 0.6 is 0 Å². The summed E-state index contributed by atoms with van der Waals surface area (Å²) in [5.74, 6) is 1.55. The van der Waals surface area contributed by atoms with Gasteiger partial charge in [0.15, 0.2) is 0 Å². The van der Waals surface area contributed by atoms with Gasteiger partial charge in [-0.1, -0.05) is 18.2 Å². The van der Waals surface area contributed by atoms with Crippen LogP contribution in [0.4, 0.5) is 0 Å². The molecule has 1 aromatic heterocycles. The predicted octanol–water partition coefficient (Wildman–Crippen LogP) is 3.23. The van der Waals surface area contributed by atoms with Crippen LogP contribution in [0, 0.1) is 0 Å². The lowest BCUT2D eigenvalue weighted by atomic mass is 10.1. The zero-order chi connectivity index (χ0) is 13.8. The van der Waals surface area contributed by atoms with Crippen LogP contribution in [0.1, 0.15) is 0 Å². The maximum absolute atomic E-state index is 11.0. The van der Waals surface area contributed by atoms with Crippen LogP contribution in [0.2, 0.25) is 0 Å². The molecule has 3 aromatic rings. The number of H-pyrrole nitrogens is 1. The normalized spacial score (nSPS) is 10.2. The van der Waals surface area contributed by atoms with Crippen molar-refractivity contribution in [2.24, 2.45) is 0 Å². The minimum absolute atomic E-state index is 0.210. The van der Waals surface area contributed by atoms with Crippen LogP contribution in [-0.4, -0.2) is 10.2 Å². The van der Waals surface area contributed by atoms with Gasteiger partial charge in [0, 0.05) is 11.6 Å². The molecule has 0 aliphatic carbocycles. The first-order valence-corrected chi connectivity index (χ1v) is 6.20. The van der Waals surface area contributed by atoms with E-state index in [-0.39, 0.29) is 5.56 Å². The van der Waals surface area contributed by atoms with Crippen molar-refractivity contribution in [2.45, 2.75) is 0 Å². The highest BCUT2D eigenvalue weighted by molar-refractivity contribution is 5.59. The second kappa shape index (κ2) is 5.40. The zero-order valence-electron chi connectivity index (χ0n) is 10.6. The maximum atomic E-state index is 11.0. The van der Waals surface area contributed by atoms with Gasteiger partial charge < -0.3 is 4.74 Å². The molecule has 0 aliphatic rings. The number of nitrogens with zero attached hydrogens (tertiary/aromatic N) is 1. The van der Waals surface area contributed by atoms with E-state index in [2.05, 4.69) is 10.2 Å². The highest BCUT2D eigenvalue weighted by atomic mass is 16.5. The number of para-hydroxylation sites is 1. The molecule has 0 saturated heterocycles. The molecule has 4 nitrogen and oxygen atoms in total. The van der Waals surface area contributed by atoms with Crippen LogP contribution in [0.5, 0.6) is 11.5 Å². The van der Waals surface area contributed by atoms with Gasteiger partial charge in [0.2, 0.25) is 0 Å². The molecule has 0 radical (unpaired) electrons. The lowest BCUT2D eigenvalue weighted by Crippen LogP contribution is -2.05. The lowest BCUT2D eigenvalue weighted by molar-refractivity contribution is 0.483.